The molecule has 0 heterocycles. The van der Waals surface area contributed by atoms with Gasteiger partial charge in [0, 0.05) is 16.3 Å². The summed E-state index contributed by atoms with van der Waals surface area (Å²) in [6, 6.07) is 0. The molecule has 0 bridgehead atoms. The fourth-order valence-corrected chi connectivity index (χ4v) is 5.36. The SMILES string of the molecule is CP(C)OC1C=CC(C(C)(C)C2C=CC(C)(OP(C)C)CC2)=CC1. The van der Waals surface area contributed by atoms with Crippen LogP contribution in [0.2, 0.25) is 0 Å². The second-order valence-electron chi connectivity index (χ2n) is 8.15. The minimum atomic E-state index is -0.325. The molecule has 0 spiro atoms. The highest BCUT2D eigenvalue weighted by molar-refractivity contribution is 7.51. The molecule has 0 saturated carbocycles. The minimum Gasteiger partial charge on any atom is -0.352 e. The molecule has 2 rings (SSSR count). The maximum absolute atomic E-state index is 6.17. The summed E-state index contributed by atoms with van der Waals surface area (Å²) < 4.78 is 12.1. The van der Waals surface area contributed by atoms with Gasteiger partial charge < -0.3 is 9.05 Å². The lowest BCUT2D eigenvalue weighted by Crippen LogP contribution is -2.34. The summed E-state index contributed by atoms with van der Waals surface area (Å²) in [6.07, 6.45) is 15.2. The smallest absolute Gasteiger partial charge is 0.0877 e. The van der Waals surface area contributed by atoms with E-state index in [0.717, 1.165) is 12.8 Å². The molecule has 0 N–H and O–H groups in total. The molecule has 0 aromatic carbocycles. The van der Waals surface area contributed by atoms with Crippen molar-refractivity contribution in [3.8, 4) is 0 Å². The Kier molecular flexibility index (Phi) is 6.88. The fourth-order valence-electron chi connectivity index (χ4n) is 3.68. The van der Waals surface area contributed by atoms with Gasteiger partial charge in [-0.2, -0.15) is 0 Å². The van der Waals surface area contributed by atoms with E-state index in [1.165, 1.54) is 12.0 Å². The second kappa shape index (κ2) is 8.13. The molecule has 0 fully saturated rings. The highest BCUT2D eigenvalue weighted by atomic mass is 31.1. The van der Waals surface area contributed by atoms with E-state index in [9.17, 15) is 0 Å². The molecule has 2 aliphatic carbocycles. The van der Waals surface area contributed by atoms with Crippen LogP contribution in [0.15, 0.2) is 36.0 Å². The molecule has 3 unspecified atom stereocenters. The zero-order valence-corrected chi connectivity index (χ0v) is 18.2. The van der Waals surface area contributed by atoms with E-state index in [4.69, 9.17) is 9.05 Å². The fraction of sp³-hybridized carbons (Fsp3) is 0.700. The van der Waals surface area contributed by atoms with E-state index in [1.807, 2.05) is 0 Å². The second-order valence-corrected chi connectivity index (χ2v) is 11.8. The zero-order valence-electron chi connectivity index (χ0n) is 16.4. The Hall–Kier alpha value is 0. The van der Waals surface area contributed by atoms with Crippen LogP contribution >= 0.6 is 16.3 Å². The molecule has 24 heavy (non-hydrogen) atoms. The lowest BCUT2D eigenvalue weighted by atomic mass is 9.67. The molecule has 0 aromatic rings. The van der Waals surface area contributed by atoms with Crippen LogP contribution in [-0.4, -0.2) is 38.4 Å². The van der Waals surface area contributed by atoms with E-state index in [0.29, 0.717) is 5.92 Å². The van der Waals surface area contributed by atoms with Gasteiger partial charge in [-0.15, -0.1) is 0 Å². The molecule has 2 nitrogen and oxygen atoms in total. The van der Waals surface area contributed by atoms with Crippen molar-refractivity contribution >= 4 is 16.3 Å². The van der Waals surface area contributed by atoms with Crippen molar-refractivity contribution in [3.05, 3.63) is 36.0 Å². The predicted octanol–water partition coefficient (Wildman–Crippen LogP) is 6.34. The van der Waals surface area contributed by atoms with E-state index in [-0.39, 0.29) is 33.4 Å². The maximum atomic E-state index is 6.17. The van der Waals surface area contributed by atoms with Gasteiger partial charge in [-0.1, -0.05) is 44.2 Å². The third-order valence-corrected chi connectivity index (χ3v) is 6.58. The van der Waals surface area contributed by atoms with E-state index in [1.54, 1.807) is 0 Å². The molecule has 0 radical (unpaired) electrons. The molecule has 4 heteroatoms. The van der Waals surface area contributed by atoms with E-state index in [2.05, 4.69) is 77.8 Å². The Morgan fingerprint density at radius 1 is 1.12 bits per heavy atom. The number of hydrogen-bond acceptors (Lipinski definition) is 2. The monoisotopic (exact) mass is 368 g/mol. The molecular formula is C20H34O2P2. The van der Waals surface area contributed by atoms with E-state index >= 15 is 0 Å². The minimum absolute atomic E-state index is 0.0725. The van der Waals surface area contributed by atoms with Crippen molar-refractivity contribution in [1.82, 2.24) is 0 Å². The summed E-state index contributed by atoms with van der Waals surface area (Å²) in [5.41, 5.74) is 1.54. The summed E-state index contributed by atoms with van der Waals surface area (Å²) in [4.78, 5) is 0. The third-order valence-electron chi connectivity index (χ3n) is 5.10. The van der Waals surface area contributed by atoms with Crippen molar-refractivity contribution in [2.45, 2.75) is 51.7 Å². The first-order chi connectivity index (χ1) is 11.1. The maximum Gasteiger partial charge on any atom is 0.0877 e. The molecule has 2 aliphatic rings. The Morgan fingerprint density at radius 3 is 2.29 bits per heavy atom. The van der Waals surface area contributed by atoms with Crippen molar-refractivity contribution < 1.29 is 9.05 Å². The van der Waals surface area contributed by atoms with Gasteiger partial charge in [0.15, 0.2) is 0 Å². The van der Waals surface area contributed by atoms with Gasteiger partial charge in [-0.05, 0) is 69.8 Å². The molecule has 0 amide bonds. The first kappa shape index (κ1) is 20.3. The van der Waals surface area contributed by atoms with Crippen LogP contribution in [0, 0.1) is 11.3 Å². The summed E-state index contributed by atoms with van der Waals surface area (Å²) >= 11 is 0. The van der Waals surface area contributed by atoms with Gasteiger partial charge in [0.2, 0.25) is 0 Å². The van der Waals surface area contributed by atoms with Crippen molar-refractivity contribution in [2.75, 3.05) is 26.7 Å². The highest BCUT2D eigenvalue weighted by Gasteiger charge is 2.37. The van der Waals surface area contributed by atoms with Crippen LogP contribution in [0.5, 0.6) is 0 Å². The van der Waals surface area contributed by atoms with Crippen LogP contribution < -0.4 is 0 Å². The first-order valence-electron chi connectivity index (χ1n) is 8.91. The van der Waals surface area contributed by atoms with Crippen molar-refractivity contribution in [2.24, 2.45) is 11.3 Å². The predicted molar refractivity (Wildman–Crippen MR) is 109 cm³/mol. The molecular weight excluding hydrogens is 334 g/mol. The van der Waals surface area contributed by atoms with Gasteiger partial charge in [0.05, 0.1) is 11.7 Å². The van der Waals surface area contributed by atoms with E-state index < -0.39 is 0 Å². The van der Waals surface area contributed by atoms with Crippen molar-refractivity contribution in [3.63, 3.8) is 0 Å². The van der Waals surface area contributed by atoms with Gasteiger partial charge in [-0.3, -0.25) is 0 Å². The van der Waals surface area contributed by atoms with Crippen molar-refractivity contribution in [1.29, 1.82) is 0 Å². The van der Waals surface area contributed by atoms with Crippen LogP contribution in [0.3, 0.4) is 0 Å². The quantitative estimate of drug-likeness (QED) is 0.402. The van der Waals surface area contributed by atoms with Crippen LogP contribution in [0.1, 0.15) is 40.0 Å². The molecule has 0 aromatic heterocycles. The van der Waals surface area contributed by atoms with Crippen LogP contribution in [0.25, 0.3) is 0 Å². The van der Waals surface area contributed by atoms with Gasteiger partial charge in [0.1, 0.15) is 0 Å². The summed E-state index contributed by atoms with van der Waals surface area (Å²) in [7, 11) is -0.625. The molecule has 3 atom stereocenters. The Morgan fingerprint density at radius 2 is 1.83 bits per heavy atom. The number of allylic oxidation sites excluding steroid dienone is 3. The standard InChI is InChI=1S/C20H34O2P2/c1-19(2,16-8-10-18(11-9-16)21-23(4)5)17-12-14-20(3,15-13-17)22-24(6)7/h8-10,12,14,17-18H,11,13,15H2,1-7H3. The van der Waals surface area contributed by atoms with Gasteiger partial charge >= 0.3 is 0 Å². The van der Waals surface area contributed by atoms with Gasteiger partial charge in [0.25, 0.3) is 0 Å². The third kappa shape index (κ3) is 5.25. The van der Waals surface area contributed by atoms with Crippen LogP contribution in [0.4, 0.5) is 0 Å². The summed E-state index contributed by atoms with van der Waals surface area (Å²) in [5, 5.41) is 0. The average Bonchev–Trinajstić information content (AvgIpc) is 2.46. The highest BCUT2D eigenvalue weighted by Crippen LogP contribution is 2.47. The number of rotatable bonds is 6. The van der Waals surface area contributed by atoms with Crippen LogP contribution in [-0.2, 0) is 9.05 Å². The Bertz CT molecular complexity index is 520. The Labute approximate surface area is 151 Å². The first-order valence-corrected chi connectivity index (χ1v) is 13.2. The lowest BCUT2D eigenvalue weighted by Gasteiger charge is -2.41. The molecule has 0 saturated heterocycles. The Balaban J connectivity index is 2.03. The summed E-state index contributed by atoms with van der Waals surface area (Å²) in [6.45, 7) is 15.7. The number of hydrogen-bond donors (Lipinski definition) is 0. The molecule has 0 aliphatic heterocycles. The summed E-state index contributed by atoms with van der Waals surface area (Å²) in [5.74, 6) is 0.567. The average molecular weight is 368 g/mol. The van der Waals surface area contributed by atoms with Gasteiger partial charge in [-0.25, -0.2) is 0 Å². The largest absolute Gasteiger partial charge is 0.352 e. The topological polar surface area (TPSA) is 18.5 Å². The normalized spacial score (nSPS) is 31.0. The zero-order chi connectivity index (χ0) is 18.0. The molecule has 136 valence electrons. The lowest BCUT2D eigenvalue weighted by molar-refractivity contribution is 0.120.